The molecule has 140 valence electrons. The average Bonchev–Trinajstić information content (AvgIpc) is 3.42. The SMILES string of the molecule is N#CC(=Cc1ccc(-c2ccccc2)o1)c1nc(-c2ccccc2[N+](=O)[O-])cs1. The van der Waals surface area contributed by atoms with Crippen LogP contribution in [0.5, 0.6) is 0 Å². The van der Waals surface area contributed by atoms with Crippen molar-refractivity contribution >= 4 is 28.7 Å². The predicted molar refractivity (Wildman–Crippen MR) is 112 cm³/mol. The number of rotatable bonds is 5. The van der Waals surface area contributed by atoms with Crippen LogP contribution in [0.15, 0.2) is 76.5 Å². The third kappa shape index (κ3) is 3.83. The molecule has 0 unspecified atom stereocenters. The highest BCUT2D eigenvalue weighted by atomic mass is 32.1. The van der Waals surface area contributed by atoms with Crippen molar-refractivity contribution in [3.63, 3.8) is 0 Å². The Morgan fingerprint density at radius 2 is 1.86 bits per heavy atom. The van der Waals surface area contributed by atoms with Gasteiger partial charge in [0.1, 0.15) is 22.6 Å². The highest BCUT2D eigenvalue weighted by Crippen LogP contribution is 2.33. The summed E-state index contributed by atoms with van der Waals surface area (Å²) in [5, 5.41) is 23.0. The van der Waals surface area contributed by atoms with E-state index in [2.05, 4.69) is 11.1 Å². The van der Waals surface area contributed by atoms with Gasteiger partial charge in [0.05, 0.1) is 21.8 Å². The Labute approximate surface area is 170 Å². The monoisotopic (exact) mass is 399 g/mol. The number of allylic oxidation sites excluding steroid dienone is 1. The number of nitrogens with zero attached hydrogens (tertiary/aromatic N) is 3. The van der Waals surface area contributed by atoms with Crippen molar-refractivity contribution in [3.05, 3.63) is 93.0 Å². The quantitative estimate of drug-likeness (QED) is 0.232. The van der Waals surface area contributed by atoms with Gasteiger partial charge in [-0.3, -0.25) is 10.1 Å². The lowest BCUT2D eigenvalue weighted by atomic mass is 10.1. The van der Waals surface area contributed by atoms with Crippen molar-refractivity contribution in [1.29, 1.82) is 5.26 Å². The highest BCUT2D eigenvalue weighted by Gasteiger charge is 2.18. The Hall–Kier alpha value is -4.02. The molecule has 0 aliphatic heterocycles. The number of aromatic nitrogens is 1. The van der Waals surface area contributed by atoms with Gasteiger partial charge < -0.3 is 4.42 Å². The van der Waals surface area contributed by atoms with Gasteiger partial charge in [-0.1, -0.05) is 42.5 Å². The summed E-state index contributed by atoms with van der Waals surface area (Å²) in [7, 11) is 0. The fourth-order valence-corrected chi connectivity index (χ4v) is 3.63. The van der Waals surface area contributed by atoms with Crippen molar-refractivity contribution in [3.8, 4) is 28.7 Å². The lowest BCUT2D eigenvalue weighted by Crippen LogP contribution is -1.91. The van der Waals surface area contributed by atoms with Gasteiger partial charge in [0, 0.05) is 23.1 Å². The van der Waals surface area contributed by atoms with Crippen LogP contribution < -0.4 is 0 Å². The Kier molecular flexibility index (Phi) is 5.01. The number of thiazole rings is 1. The fourth-order valence-electron chi connectivity index (χ4n) is 2.84. The van der Waals surface area contributed by atoms with E-state index in [1.54, 1.807) is 35.7 Å². The lowest BCUT2D eigenvalue weighted by Gasteiger charge is -1.98. The van der Waals surface area contributed by atoms with Gasteiger partial charge in [0.15, 0.2) is 0 Å². The van der Waals surface area contributed by atoms with Crippen molar-refractivity contribution in [2.24, 2.45) is 0 Å². The summed E-state index contributed by atoms with van der Waals surface area (Å²) in [5.74, 6) is 1.23. The maximum Gasteiger partial charge on any atom is 0.278 e. The maximum atomic E-state index is 11.3. The summed E-state index contributed by atoms with van der Waals surface area (Å²) < 4.78 is 5.83. The van der Waals surface area contributed by atoms with Gasteiger partial charge in [-0.05, 0) is 18.2 Å². The number of furan rings is 1. The second kappa shape index (κ2) is 7.92. The Morgan fingerprint density at radius 3 is 2.62 bits per heavy atom. The smallest absolute Gasteiger partial charge is 0.278 e. The number of benzene rings is 2. The molecule has 0 amide bonds. The van der Waals surface area contributed by atoms with Crippen LogP contribution in [0, 0.1) is 21.4 Å². The van der Waals surface area contributed by atoms with Crippen molar-refractivity contribution in [1.82, 2.24) is 4.98 Å². The zero-order chi connectivity index (χ0) is 20.2. The summed E-state index contributed by atoms with van der Waals surface area (Å²) in [6.45, 7) is 0. The number of nitro benzene ring substituents is 1. The van der Waals surface area contributed by atoms with Gasteiger partial charge in [0.2, 0.25) is 0 Å². The molecule has 6 nitrogen and oxygen atoms in total. The minimum absolute atomic E-state index is 0.0228. The standard InChI is InChI=1S/C22H13N3O3S/c23-13-16(12-17-10-11-21(28-17)15-6-2-1-3-7-15)22-24-19(14-29-22)18-8-4-5-9-20(18)25(26)27/h1-12,14H. The van der Waals surface area contributed by atoms with Crippen molar-refractivity contribution < 1.29 is 9.34 Å². The second-order valence-electron chi connectivity index (χ2n) is 6.05. The third-order valence-electron chi connectivity index (χ3n) is 4.20. The first kappa shape index (κ1) is 18.3. The molecule has 29 heavy (non-hydrogen) atoms. The van der Waals surface area contributed by atoms with E-state index in [0.29, 0.717) is 33.4 Å². The molecule has 2 aromatic carbocycles. The summed E-state index contributed by atoms with van der Waals surface area (Å²) in [6.07, 6.45) is 1.62. The molecule has 0 N–H and O–H groups in total. The Morgan fingerprint density at radius 1 is 1.10 bits per heavy atom. The molecule has 4 rings (SSSR count). The van der Waals surface area contributed by atoms with Crippen LogP contribution in [0.2, 0.25) is 0 Å². The number of nitriles is 1. The normalized spacial score (nSPS) is 11.2. The zero-order valence-corrected chi connectivity index (χ0v) is 15.8. The van der Waals surface area contributed by atoms with Crippen LogP contribution in [-0.4, -0.2) is 9.91 Å². The molecule has 7 heteroatoms. The molecule has 0 aliphatic rings. The number of hydrogen-bond donors (Lipinski definition) is 0. The number of para-hydroxylation sites is 1. The highest BCUT2D eigenvalue weighted by molar-refractivity contribution is 7.11. The van der Waals surface area contributed by atoms with Gasteiger partial charge in [-0.2, -0.15) is 5.26 Å². The Bertz CT molecular complexity index is 1250. The van der Waals surface area contributed by atoms with E-state index >= 15 is 0 Å². The molecule has 0 atom stereocenters. The van der Waals surface area contributed by atoms with Crippen LogP contribution in [0.3, 0.4) is 0 Å². The zero-order valence-electron chi connectivity index (χ0n) is 15.0. The molecule has 0 radical (unpaired) electrons. The first-order chi connectivity index (χ1) is 14.2. The largest absolute Gasteiger partial charge is 0.457 e. The molecule has 0 fully saturated rings. The topological polar surface area (TPSA) is 93.0 Å². The molecule has 4 aromatic rings. The Balaban J connectivity index is 1.66. The van der Waals surface area contributed by atoms with E-state index in [1.807, 2.05) is 36.4 Å². The molecule has 0 aliphatic carbocycles. The van der Waals surface area contributed by atoms with Crippen LogP contribution in [0.4, 0.5) is 5.69 Å². The summed E-state index contributed by atoms with van der Waals surface area (Å²) in [4.78, 5) is 15.3. The minimum Gasteiger partial charge on any atom is -0.457 e. The van der Waals surface area contributed by atoms with Crippen LogP contribution in [-0.2, 0) is 0 Å². The van der Waals surface area contributed by atoms with E-state index < -0.39 is 4.92 Å². The van der Waals surface area contributed by atoms with Crippen LogP contribution in [0.25, 0.3) is 34.2 Å². The number of nitro groups is 1. The summed E-state index contributed by atoms with van der Waals surface area (Å²) in [5.41, 5.74) is 2.13. The molecule has 0 spiro atoms. The third-order valence-corrected chi connectivity index (χ3v) is 5.08. The second-order valence-corrected chi connectivity index (χ2v) is 6.91. The van der Waals surface area contributed by atoms with Gasteiger partial charge in [0.25, 0.3) is 5.69 Å². The average molecular weight is 399 g/mol. The first-order valence-electron chi connectivity index (χ1n) is 8.62. The molecular formula is C22H13N3O3S. The van der Waals surface area contributed by atoms with E-state index in [1.165, 1.54) is 17.4 Å². The maximum absolute atomic E-state index is 11.3. The summed E-state index contributed by atoms with van der Waals surface area (Å²) >= 11 is 1.25. The molecule has 0 saturated carbocycles. The predicted octanol–water partition coefficient (Wildman–Crippen LogP) is 6.04. The van der Waals surface area contributed by atoms with E-state index in [4.69, 9.17) is 4.42 Å². The molecule has 0 bridgehead atoms. The van der Waals surface area contributed by atoms with Crippen molar-refractivity contribution in [2.75, 3.05) is 0 Å². The molecule has 0 saturated heterocycles. The summed E-state index contributed by atoms with van der Waals surface area (Å²) in [6, 6.07) is 21.8. The minimum atomic E-state index is -0.441. The van der Waals surface area contributed by atoms with Crippen LogP contribution in [0.1, 0.15) is 10.8 Å². The first-order valence-corrected chi connectivity index (χ1v) is 9.50. The molecular weight excluding hydrogens is 386 g/mol. The lowest BCUT2D eigenvalue weighted by molar-refractivity contribution is -0.384. The van der Waals surface area contributed by atoms with Crippen LogP contribution >= 0.6 is 11.3 Å². The van der Waals surface area contributed by atoms with E-state index in [0.717, 1.165) is 5.56 Å². The van der Waals surface area contributed by atoms with E-state index in [-0.39, 0.29) is 5.69 Å². The number of hydrogen-bond acceptors (Lipinski definition) is 6. The van der Waals surface area contributed by atoms with Crippen molar-refractivity contribution in [2.45, 2.75) is 0 Å². The fraction of sp³-hybridized carbons (Fsp3) is 0. The van der Waals surface area contributed by atoms with E-state index in [9.17, 15) is 15.4 Å². The molecule has 2 aromatic heterocycles. The van der Waals surface area contributed by atoms with Gasteiger partial charge >= 0.3 is 0 Å². The van der Waals surface area contributed by atoms with Gasteiger partial charge in [-0.15, -0.1) is 11.3 Å². The van der Waals surface area contributed by atoms with Gasteiger partial charge in [-0.25, -0.2) is 4.98 Å². The molecule has 2 heterocycles.